The van der Waals surface area contributed by atoms with Crippen LogP contribution in [0.5, 0.6) is 40.2 Å². The Morgan fingerprint density at radius 1 is 0.936 bits per heavy atom. The maximum absolute atomic E-state index is 12.3. The molecule has 4 aliphatic rings. The number of aliphatic hydroxyl groups excluding tert-OH is 2. The van der Waals surface area contributed by atoms with Gasteiger partial charge in [-0.1, -0.05) is 40.5 Å². The Kier molecular flexibility index (Phi) is 9.25. The summed E-state index contributed by atoms with van der Waals surface area (Å²) in [6, 6.07) is 8.87. The van der Waals surface area contributed by atoms with E-state index in [0.717, 1.165) is 40.7 Å². The number of phenolic OH excluding ortho intramolecular Hbond substituents is 3. The Labute approximate surface area is 282 Å². The highest BCUT2D eigenvalue weighted by molar-refractivity contribution is 8.76. The van der Waals surface area contributed by atoms with E-state index >= 15 is 0 Å². The van der Waals surface area contributed by atoms with Gasteiger partial charge >= 0.3 is 0 Å². The molecule has 0 amide bonds. The molecule has 5 N–H and O–H groups in total. The van der Waals surface area contributed by atoms with Crippen LogP contribution in [0.25, 0.3) is 11.1 Å². The van der Waals surface area contributed by atoms with Gasteiger partial charge in [-0.3, -0.25) is 0 Å². The second-order valence-corrected chi connectivity index (χ2v) is 15.7. The minimum atomic E-state index is -1.06. The summed E-state index contributed by atoms with van der Waals surface area (Å²) >= 11 is 0. The number of aromatic hydroxyl groups is 3. The van der Waals surface area contributed by atoms with Crippen molar-refractivity contribution in [2.24, 2.45) is 5.92 Å². The standard InChI is InChI=1S/C36H42O9S2/c1-42-29-15-25(32(39)36(43-2)34(29)41)35-33(40)26-17-46-47-21-5-3-4-18(12-21)6-7-19-13-24-30(22-9-8-20(38)14-23(19)22)27(44-11-10-37)16-28(45-35)31(24)26/h8-9,14-16,18-19,21,26,33,35,37-41H,3-7,10-13,17H2,1-2H3. The number of aliphatic hydroxyl groups is 2. The minimum Gasteiger partial charge on any atom is -0.508 e. The first-order valence-electron chi connectivity index (χ1n) is 16.4. The van der Waals surface area contributed by atoms with Gasteiger partial charge in [0, 0.05) is 39.7 Å². The van der Waals surface area contributed by atoms with Crippen LogP contribution in [-0.4, -0.2) is 70.1 Å². The quantitative estimate of drug-likeness (QED) is 0.175. The van der Waals surface area contributed by atoms with Crippen LogP contribution in [0.1, 0.15) is 78.7 Å². The number of methoxy groups -OCH3 is 2. The Morgan fingerprint density at radius 3 is 2.57 bits per heavy atom. The molecule has 0 saturated heterocycles. The van der Waals surface area contributed by atoms with Crippen LogP contribution in [0.15, 0.2) is 30.3 Å². The molecule has 11 heteroatoms. The van der Waals surface area contributed by atoms with Crippen LogP contribution < -0.4 is 18.9 Å². The first-order valence-corrected chi connectivity index (χ1v) is 18.8. The van der Waals surface area contributed by atoms with Gasteiger partial charge in [0.2, 0.25) is 11.5 Å². The van der Waals surface area contributed by atoms with Gasteiger partial charge in [0.1, 0.15) is 30.0 Å². The molecule has 9 nitrogen and oxygen atoms in total. The Hall–Kier alpha value is -3.12. The van der Waals surface area contributed by atoms with Crippen molar-refractivity contribution in [3.8, 4) is 51.4 Å². The zero-order valence-electron chi connectivity index (χ0n) is 26.6. The van der Waals surface area contributed by atoms with E-state index in [1.807, 2.05) is 29.0 Å². The zero-order valence-corrected chi connectivity index (χ0v) is 28.2. The summed E-state index contributed by atoms with van der Waals surface area (Å²) < 4.78 is 23.6. The lowest BCUT2D eigenvalue weighted by molar-refractivity contribution is 0.00293. The number of fused-ring (bicyclic) bond motifs is 6. The number of hydrogen-bond acceptors (Lipinski definition) is 11. The van der Waals surface area contributed by atoms with E-state index in [1.165, 1.54) is 46.0 Å². The molecule has 2 heterocycles. The van der Waals surface area contributed by atoms with Crippen LogP contribution in [-0.2, 0) is 6.42 Å². The molecular formula is C36H42O9S2. The lowest BCUT2D eigenvalue weighted by Crippen LogP contribution is -2.37. The van der Waals surface area contributed by atoms with Crippen molar-refractivity contribution >= 4 is 21.6 Å². The molecule has 3 aromatic carbocycles. The number of rotatable bonds is 6. The molecule has 0 aromatic heterocycles. The van der Waals surface area contributed by atoms with Gasteiger partial charge in [-0.25, -0.2) is 0 Å². The summed E-state index contributed by atoms with van der Waals surface area (Å²) in [6.07, 6.45) is 5.56. The highest BCUT2D eigenvalue weighted by Crippen LogP contribution is 2.58. The van der Waals surface area contributed by atoms with Crippen molar-refractivity contribution in [1.82, 2.24) is 0 Å². The normalized spacial score (nSPS) is 26.5. The van der Waals surface area contributed by atoms with E-state index in [1.54, 1.807) is 16.9 Å². The third kappa shape index (κ3) is 5.83. The van der Waals surface area contributed by atoms with Crippen molar-refractivity contribution in [3.05, 3.63) is 52.6 Å². The fourth-order valence-electron chi connectivity index (χ4n) is 8.16. The minimum absolute atomic E-state index is 0.0836. The molecule has 0 radical (unpaired) electrons. The maximum Gasteiger partial charge on any atom is 0.207 e. The van der Waals surface area contributed by atoms with Crippen molar-refractivity contribution in [3.63, 3.8) is 0 Å². The number of phenols is 3. The lowest BCUT2D eigenvalue weighted by atomic mass is 9.71. The second kappa shape index (κ2) is 13.4. The summed E-state index contributed by atoms with van der Waals surface area (Å²) in [4.78, 5) is 0. The van der Waals surface area contributed by atoms with Crippen molar-refractivity contribution in [2.75, 3.05) is 33.2 Å². The van der Waals surface area contributed by atoms with Gasteiger partial charge in [0.25, 0.3) is 0 Å². The molecule has 3 aromatic rings. The molecule has 4 bridgehead atoms. The Balaban J connectivity index is 1.43. The van der Waals surface area contributed by atoms with Crippen LogP contribution >= 0.6 is 21.6 Å². The molecule has 6 unspecified atom stereocenters. The van der Waals surface area contributed by atoms with E-state index < -0.39 is 12.2 Å². The zero-order chi connectivity index (χ0) is 32.8. The van der Waals surface area contributed by atoms with E-state index in [4.69, 9.17) is 18.9 Å². The molecule has 2 aliphatic carbocycles. The smallest absolute Gasteiger partial charge is 0.207 e. The third-order valence-corrected chi connectivity index (χ3v) is 13.3. The topological polar surface area (TPSA) is 138 Å². The monoisotopic (exact) mass is 682 g/mol. The highest BCUT2D eigenvalue weighted by Gasteiger charge is 2.45. The van der Waals surface area contributed by atoms with Gasteiger partial charge in [-0.2, -0.15) is 0 Å². The van der Waals surface area contributed by atoms with Crippen molar-refractivity contribution in [2.45, 2.75) is 74.2 Å². The molecule has 1 fully saturated rings. The largest absolute Gasteiger partial charge is 0.508 e. The van der Waals surface area contributed by atoms with Crippen molar-refractivity contribution in [1.29, 1.82) is 0 Å². The van der Waals surface area contributed by atoms with Crippen LogP contribution in [0.3, 0.4) is 0 Å². The first kappa shape index (κ1) is 32.4. The van der Waals surface area contributed by atoms with Crippen molar-refractivity contribution < 1.29 is 44.5 Å². The second-order valence-electron chi connectivity index (χ2n) is 13.0. The molecule has 7 rings (SSSR count). The van der Waals surface area contributed by atoms with E-state index in [0.29, 0.717) is 34.8 Å². The SMILES string of the molecule is COc1cc(C2Oc3cc(OCCO)c4c5c3C(CSSC3CCCC(CCC(C5)c5cc(O)ccc5-4)C3)C2O)c(O)c(OC)c1O. The van der Waals surface area contributed by atoms with E-state index in [2.05, 4.69) is 0 Å². The van der Waals surface area contributed by atoms with Gasteiger partial charge < -0.3 is 44.5 Å². The molecule has 47 heavy (non-hydrogen) atoms. The fourth-order valence-corrected chi connectivity index (χ4v) is 11.3. The average molecular weight is 683 g/mol. The predicted octanol–water partition coefficient (Wildman–Crippen LogP) is 6.81. The highest BCUT2D eigenvalue weighted by atomic mass is 33.1. The van der Waals surface area contributed by atoms with Gasteiger partial charge in [-0.05, 0) is 78.8 Å². The molecular weight excluding hydrogens is 641 g/mol. The molecule has 0 spiro atoms. The van der Waals surface area contributed by atoms with Crippen LogP contribution in [0.4, 0.5) is 0 Å². The van der Waals surface area contributed by atoms with Crippen LogP contribution in [0.2, 0.25) is 0 Å². The van der Waals surface area contributed by atoms with Gasteiger partial charge in [-0.15, -0.1) is 0 Å². The van der Waals surface area contributed by atoms with E-state index in [9.17, 15) is 25.5 Å². The molecule has 2 aliphatic heterocycles. The third-order valence-electron chi connectivity index (χ3n) is 10.4. The number of benzene rings is 3. The number of ether oxygens (including phenoxy) is 4. The molecule has 252 valence electrons. The van der Waals surface area contributed by atoms with Gasteiger partial charge in [0.05, 0.1) is 20.8 Å². The number of hydrogen-bond donors (Lipinski definition) is 5. The summed E-state index contributed by atoms with van der Waals surface area (Å²) in [6.45, 7) is -0.0839. The average Bonchev–Trinajstić information content (AvgIpc) is 3.08. The van der Waals surface area contributed by atoms with Crippen LogP contribution in [0, 0.1) is 5.92 Å². The molecule has 1 saturated carbocycles. The fraction of sp³-hybridized carbons (Fsp3) is 0.500. The maximum atomic E-state index is 12.3. The Morgan fingerprint density at radius 2 is 1.79 bits per heavy atom. The lowest BCUT2D eigenvalue weighted by Gasteiger charge is -2.41. The van der Waals surface area contributed by atoms with Gasteiger partial charge in [0.15, 0.2) is 17.6 Å². The summed E-state index contributed by atoms with van der Waals surface area (Å²) in [5.41, 5.74) is 5.21. The predicted molar refractivity (Wildman–Crippen MR) is 183 cm³/mol. The van der Waals surface area contributed by atoms with E-state index in [-0.39, 0.29) is 59.4 Å². The summed E-state index contributed by atoms with van der Waals surface area (Å²) in [5, 5.41) is 55.1. The summed E-state index contributed by atoms with van der Waals surface area (Å²) in [7, 11) is 6.46. The first-order chi connectivity index (χ1) is 22.8. The Bertz CT molecular complexity index is 1650. The molecule has 6 atom stereocenters. The summed E-state index contributed by atoms with van der Waals surface area (Å²) in [5.74, 6) is 1.65.